The second kappa shape index (κ2) is 7.09. The molecule has 0 spiro atoms. The fraction of sp³-hybridized carbons (Fsp3) is 0.625. The fourth-order valence-electron chi connectivity index (χ4n) is 1.78. The summed E-state index contributed by atoms with van der Waals surface area (Å²) in [6.45, 7) is 10.2. The van der Waals surface area contributed by atoms with Gasteiger partial charge in [0, 0.05) is 23.9 Å². The van der Waals surface area contributed by atoms with Crippen LogP contribution in [0.3, 0.4) is 0 Å². The zero-order valence-electron chi connectivity index (χ0n) is 12.7. The predicted molar refractivity (Wildman–Crippen MR) is 83.3 cm³/mol. The van der Waals surface area contributed by atoms with Crippen molar-refractivity contribution in [2.24, 2.45) is 5.41 Å². The Labute approximate surface area is 121 Å². The van der Waals surface area contributed by atoms with Gasteiger partial charge in [0.2, 0.25) is 0 Å². The summed E-state index contributed by atoms with van der Waals surface area (Å²) in [4.78, 5) is 4.81. The van der Waals surface area contributed by atoms with Crippen LogP contribution in [0.25, 0.3) is 0 Å². The largest absolute Gasteiger partial charge is 0.395 e. The molecule has 3 heteroatoms. The van der Waals surface area contributed by atoms with Crippen LogP contribution < -0.4 is 0 Å². The van der Waals surface area contributed by atoms with E-state index in [0.717, 1.165) is 11.4 Å². The molecule has 1 N–H and O–H groups in total. The summed E-state index contributed by atoms with van der Waals surface area (Å²) in [5.41, 5.74) is 0.287. The van der Waals surface area contributed by atoms with Crippen LogP contribution in [0.5, 0.6) is 0 Å². The number of rotatable bonds is 4. The zero-order chi connectivity index (χ0) is 14.5. The van der Waals surface area contributed by atoms with Gasteiger partial charge in [-0.05, 0) is 31.5 Å². The first-order chi connectivity index (χ1) is 8.84. The van der Waals surface area contributed by atoms with Crippen molar-refractivity contribution in [2.45, 2.75) is 46.7 Å². The van der Waals surface area contributed by atoms with Crippen molar-refractivity contribution in [1.29, 1.82) is 0 Å². The van der Waals surface area contributed by atoms with Crippen LogP contribution in [0.4, 0.5) is 0 Å². The van der Waals surface area contributed by atoms with Crippen molar-refractivity contribution in [1.82, 2.24) is 4.90 Å². The first-order valence-corrected chi connectivity index (χ1v) is 7.55. The molecule has 0 aliphatic heterocycles. The van der Waals surface area contributed by atoms with E-state index in [-0.39, 0.29) is 12.0 Å². The van der Waals surface area contributed by atoms with Crippen molar-refractivity contribution < 1.29 is 5.11 Å². The Kier molecular flexibility index (Phi) is 6.06. The van der Waals surface area contributed by atoms with Crippen molar-refractivity contribution in [3.8, 4) is 11.8 Å². The Balaban J connectivity index is 2.62. The van der Waals surface area contributed by atoms with E-state index in [1.54, 1.807) is 11.3 Å². The van der Waals surface area contributed by atoms with Gasteiger partial charge < -0.3 is 5.11 Å². The molecular formula is C16H25NOS. The summed E-state index contributed by atoms with van der Waals surface area (Å²) in [6, 6.07) is 4.75. The molecule has 0 aliphatic carbocycles. The third-order valence-electron chi connectivity index (χ3n) is 3.43. The minimum Gasteiger partial charge on any atom is -0.395 e. The van der Waals surface area contributed by atoms with Crippen LogP contribution in [0, 0.1) is 17.3 Å². The molecule has 0 radical (unpaired) electrons. The van der Waals surface area contributed by atoms with Gasteiger partial charge >= 0.3 is 0 Å². The average Bonchev–Trinajstić information content (AvgIpc) is 2.75. The van der Waals surface area contributed by atoms with E-state index < -0.39 is 0 Å². The Morgan fingerprint density at radius 1 is 1.37 bits per heavy atom. The van der Waals surface area contributed by atoms with Gasteiger partial charge in [-0.3, -0.25) is 4.90 Å². The number of hydrogen-bond donors (Lipinski definition) is 1. The normalized spacial score (nSPS) is 13.2. The highest BCUT2D eigenvalue weighted by molar-refractivity contribution is 7.12. The van der Waals surface area contributed by atoms with Gasteiger partial charge in [0.25, 0.3) is 0 Å². The second-order valence-corrected chi connectivity index (χ2v) is 7.17. The maximum absolute atomic E-state index is 8.70. The van der Waals surface area contributed by atoms with E-state index >= 15 is 0 Å². The van der Waals surface area contributed by atoms with Crippen LogP contribution >= 0.6 is 11.3 Å². The monoisotopic (exact) mass is 279 g/mol. The maximum Gasteiger partial charge on any atom is 0.0771 e. The van der Waals surface area contributed by atoms with E-state index in [4.69, 9.17) is 5.11 Å². The Bertz CT molecular complexity index is 447. The SMILES string of the molecule is CC(N(C)Cc1ccc(C#CCCO)s1)C(C)(C)C. The minimum absolute atomic E-state index is 0.136. The maximum atomic E-state index is 8.70. The van der Waals surface area contributed by atoms with Crippen LogP contribution in [0.2, 0.25) is 0 Å². The van der Waals surface area contributed by atoms with Gasteiger partial charge in [0.15, 0.2) is 0 Å². The standard InChI is InChI=1S/C16H25NOS/c1-13(16(2,3)4)17(5)12-15-10-9-14(19-15)8-6-7-11-18/h9-10,13,18H,7,11-12H2,1-5H3. The smallest absolute Gasteiger partial charge is 0.0771 e. The van der Waals surface area contributed by atoms with Crippen LogP contribution in [0.1, 0.15) is 43.9 Å². The molecule has 1 unspecified atom stereocenters. The molecule has 0 bridgehead atoms. The molecule has 0 fully saturated rings. The van der Waals surface area contributed by atoms with Crippen molar-refractivity contribution in [2.75, 3.05) is 13.7 Å². The van der Waals surface area contributed by atoms with E-state index in [1.165, 1.54) is 4.88 Å². The Morgan fingerprint density at radius 3 is 2.63 bits per heavy atom. The lowest BCUT2D eigenvalue weighted by Crippen LogP contribution is -2.38. The number of hydrogen-bond acceptors (Lipinski definition) is 3. The van der Waals surface area contributed by atoms with Gasteiger partial charge in [-0.1, -0.05) is 32.6 Å². The lowest BCUT2D eigenvalue weighted by atomic mass is 9.87. The van der Waals surface area contributed by atoms with E-state index in [0.29, 0.717) is 12.5 Å². The molecule has 0 aliphatic rings. The zero-order valence-corrected chi connectivity index (χ0v) is 13.5. The number of thiophene rings is 1. The topological polar surface area (TPSA) is 23.5 Å². The van der Waals surface area contributed by atoms with Gasteiger partial charge in [0.05, 0.1) is 11.5 Å². The molecule has 2 nitrogen and oxygen atoms in total. The molecule has 1 aromatic rings. The molecule has 0 amide bonds. The minimum atomic E-state index is 0.136. The summed E-state index contributed by atoms with van der Waals surface area (Å²) >= 11 is 1.74. The molecule has 1 atom stereocenters. The Morgan fingerprint density at radius 2 is 2.05 bits per heavy atom. The highest BCUT2D eigenvalue weighted by Crippen LogP contribution is 2.25. The van der Waals surface area contributed by atoms with Gasteiger partial charge in [-0.2, -0.15) is 0 Å². The van der Waals surface area contributed by atoms with E-state index in [1.807, 2.05) is 0 Å². The number of aliphatic hydroxyl groups is 1. The lowest BCUT2D eigenvalue weighted by Gasteiger charge is -2.35. The van der Waals surface area contributed by atoms with Crippen molar-refractivity contribution in [3.63, 3.8) is 0 Å². The predicted octanol–water partition coefficient (Wildman–Crippen LogP) is 3.35. The molecule has 0 saturated heterocycles. The number of aliphatic hydroxyl groups excluding tert-OH is 1. The molecule has 106 valence electrons. The molecule has 1 aromatic heterocycles. The van der Waals surface area contributed by atoms with Crippen LogP contribution in [0.15, 0.2) is 12.1 Å². The highest BCUT2D eigenvalue weighted by atomic mass is 32.1. The Hall–Kier alpha value is -0.820. The van der Waals surface area contributed by atoms with Gasteiger partial charge in [0.1, 0.15) is 0 Å². The molecule has 0 saturated carbocycles. The number of nitrogens with zero attached hydrogens (tertiary/aromatic N) is 1. The van der Waals surface area contributed by atoms with Crippen molar-refractivity contribution in [3.05, 3.63) is 21.9 Å². The summed E-state index contributed by atoms with van der Waals surface area (Å²) < 4.78 is 0. The first kappa shape index (κ1) is 16.2. The summed E-state index contributed by atoms with van der Waals surface area (Å²) in [7, 11) is 2.17. The first-order valence-electron chi connectivity index (χ1n) is 6.73. The summed E-state index contributed by atoms with van der Waals surface area (Å²) in [6.07, 6.45) is 0.550. The third kappa shape index (κ3) is 5.36. The quantitative estimate of drug-likeness (QED) is 0.854. The lowest BCUT2D eigenvalue weighted by molar-refractivity contribution is 0.136. The van der Waals surface area contributed by atoms with E-state index in [9.17, 15) is 0 Å². The highest BCUT2D eigenvalue weighted by Gasteiger charge is 2.23. The second-order valence-electron chi connectivity index (χ2n) is 6.00. The fourth-order valence-corrected chi connectivity index (χ4v) is 2.73. The molecule has 1 heterocycles. The van der Waals surface area contributed by atoms with Crippen molar-refractivity contribution >= 4 is 11.3 Å². The van der Waals surface area contributed by atoms with Gasteiger partial charge in [-0.25, -0.2) is 0 Å². The van der Waals surface area contributed by atoms with Crippen LogP contribution in [-0.2, 0) is 6.54 Å². The van der Waals surface area contributed by atoms with E-state index in [2.05, 4.69) is 63.6 Å². The average molecular weight is 279 g/mol. The molecular weight excluding hydrogens is 254 g/mol. The third-order valence-corrected chi connectivity index (χ3v) is 4.42. The molecule has 1 rings (SSSR count). The molecule has 0 aromatic carbocycles. The van der Waals surface area contributed by atoms with Crippen LogP contribution in [-0.4, -0.2) is 29.7 Å². The summed E-state index contributed by atoms with van der Waals surface area (Å²) in [5.74, 6) is 6.05. The van der Waals surface area contributed by atoms with Gasteiger partial charge in [-0.15, -0.1) is 11.3 Å². The summed E-state index contributed by atoms with van der Waals surface area (Å²) in [5, 5.41) is 8.70. The molecule has 19 heavy (non-hydrogen) atoms.